The number of anilines is 1. The van der Waals surface area contributed by atoms with Crippen LogP contribution in [0.1, 0.15) is 5.56 Å². The van der Waals surface area contributed by atoms with E-state index in [2.05, 4.69) is 10.3 Å². The number of sulfonamides is 1. The maximum Gasteiger partial charge on any atom is 0.333 e. The molecular weight excluding hydrogens is 557 g/mol. The van der Waals surface area contributed by atoms with E-state index in [1.807, 2.05) is 16.7 Å². The zero-order chi connectivity index (χ0) is 27.2. The van der Waals surface area contributed by atoms with Gasteiger partial charge in [0.15, 0.2) is 0 Å². The summed E-state index contributed by atoms with van der Waals surface area (Å²) in [6.07, 6.45) is 0. The summed E-state index contributed by atoms with van der Waals surface area (Å²) in [5.41, 5.74) is -0.224. The monoisotopic (exact) mass is 575 g/mol. The van der Waals surface area contributed by atoms with Gasteiger partial charge in [-0.25, -0.2) is 26.9 Å². The number of hydrogen-bond donors (Lipinski definition) is 3. The summed E-state index contributed by atoms with van der Waals surface area (Å²) in [4.78, 5) is 31.6. The van der Waals surface area contributed by atoms with E-state index < -0.39 is 33.3 Å². The van der Waals surface area contributed by atoms with Gasteiger partial charge in [-0.05, 0) is 47.9 Å². The van der Waals surface area contributed by atoms with Crippen molar-refractivity contribution in [3.63, 3.8) is 0 Å². The van der Waals surface area contributed by atoms with Gasteiger partial charge >= 0.3 is 6.03 Å². The second kappa shape index (κ2) is 9.74. The molecular formula is C24H19ClFN5O5S2. The minimum atomic E-state index is -4.17. The lowest BCUT2D eigenvalue weighted by molar-refractivity contribution is 0.256. The highest BCUT2D eigenvalue weighted by Crippen LogP contribution is 2.29. The van der Waals surface area contributed by atoms with Gasteiger partial charge in [-0.2, -0.15) is 0 Å². The van der Waals surface area contributed by atoms with E-state index >= 15 is 4.39 Å². The zero-order valence-corrected chi connectivity index (χ0v) is 22.0. The fraction of sp³-hybridized carbons (Fsp3) is 0.125. The average Bonchev–Trinajstić information content (AvgIpc) is 3.48. The van der Waals surface area contributed by atoms with Crippen LogP contribution in [-0.2, 0) is 10.0 Å². The van der Waals surface area contributed by atoms with Crippen LogP contribution in [0.25, 0.3) is 16.5 Å². The fourth-order valence-corrected chi connectivity index (χ4v) is 6.45. The average molecular weight is 576 g/mol. The molecule has 38 heavy (non-hydrogen) atoms. The van der Waals surface area contributed by atoms with E-state index in [-0.39, 0.29) is 19.9 Å². The number of fused-ring (bicyclic) bond motifs is 1. The molecule has 196 valence electrons. The van der Waals surface area contributed by atoms with E-state index in [1.165, 1.54) is 30.3 Å². The molecule has 10 nitrogen and oxygen atoms in total. The van der Waals surface area contributed by atoms with Gasteiger partial charge in [0.05, 0.1) is 16.6 Å². The van der Waals surface area contributed by atoms with Gasteiger partial charge in [0.1, 0.15) is 15.9 Å². The fourth-order valence-electron chi connectivity index (χ4n) is 4.06. The third-order valence-electron chi connectivity index (χ3n) is 5.81. The number of rotatable bonds is 5. The number of aromatic hydroxyl groups is 1. The van der Waals surface area contributed by atoms with Crippen LogP contribution in [0.15, 0.2) is 68.6 Å². The van der Waals surface area contributed by atoms with Crippen molar-refractivity contribution in [2.45, 2.75) is 4.21 Å². The highest BCUT2D eigenvalue weighted by atomic mass is 35.5. The Balaban J connectivity index is 1.41. The van der Waals surface area contributed by atoms with Crippen LogP contribution in [-0.4, -0.2) is 55.0 Å². The number of carbonyl (C=O) groups is 1. The van der Waals surface area contributed by atoms with Crippen molar-refractivity contribution in [3.8, 4) is 11.6 Å². The highest BCUT2D eigenvalue weighted by Gasteiger charge is 2.21. The van der Waals surface area contributed by atoms with Gasteiger partial charge in [-0.1, -0.05) is 17.7 Å². The quantitative estimate of drug-likeness (QED) is 0.332. The molecule has 0 unspecified atom stereocenters. The highest BCUT2D eigenvalue weighted by molar-refractivity contribution is 7.92. The maximum absolute atomic E-state index is 15.1. The number of pyridine rings is 1. The third-order valence-corrected chi connectivity index (χ3v) is 8.86. The van der Waals surface area contributed by atoms with Crippen LogP contribution in [0, 0.1) is 5.82 Å². The molecule has 4 aromatic rings. The Bertz CT molecular complexity index is 1800. The van der Waals surface area contributed by atoms with Gasteiger partial charge in [-0.3, -0.25) is 9.79 Å². The largest absolute Gasteiger partial charge is 0.494 e. The van der Waals surface area contributed by atoms with E-state index in [0.29, 0.717) is 17.3 Å². The summed E-state index contributed by atoms with van der Waals surface area (Å²) in [5.74, 6) is -0.620. The zero-order valence-electron chi connectivity index (χ0n) is 19.6. The molecule has 2 aromatic carbocycles. The number of amides is 2. The second-order valence-corrected chi connectivity index (χ2v) is 12.0. The first kappa shape index (κ1) is 25.7. The molecule has 3 N–H and O–H groups in total. The number of halogens is 2. The van der Waals surface area contributed by atoms with Crippen LogP contribution in [0.3, 0.4) is 0 Å². The number of aromatic nitrogens is 1. The Morgan fingerprint density at radius 1 is 1.16 bits per heavy atom. The molecule has 0 saturated heterocycles. The van der Waals surface area contributed by atoms with Crippen LogP contribution in [0.4, 0.5) is 14.9 Å². The summed E-state index contributed by atoms with van der Waals surface area (Å²) in [7, 11) is -2.26. The number of nitrogens with one attached hydrogen (secondary N) is 2. The minimum absolute atomic E-state index is 0.0809. The van der Waals surface area contributed by atoms with Crippen LogP contribution in [0.2, 0.25) is 4.34 Å². The first-order valence-electron chi connectivity index (χ1n) is 11.1. The first-order valence-corrected chi connectivity index (χ1v) is 13.7. The number of thiophene rings is 1. The number of aliphatic imine (C=N–C) groups is 1. The third kappa shape index (κ3) is 4.83. The van der Waals surface area contributed by atoms with E-state index in [1.54, 1.807) is 18.2 Å². The molecule has 14 heteroatoms. The van der Waals surface area contributed by atoms with Gasteiger partial charge in [0.2, 0.25) is 5.88 Å². The van der Waals surface area contributed by atoms with Gasteiger partial charge < -0.3 is 15.3 Å². The smallest absolute Gasteiger partial charge is 0.333 e. The molecule has 5 rings (SSSR count). The molecule has 1 aliphatic rings. The van der Waals surface area contributed by atoms with Crippen LogP contribution < -0.4 is 15.6 Å². The number of amidine groups is 1. The van der Waals surface area contributed by atoms with Crippen LogP contribution >= 0.6 is 22.9 Å². The number of hydrogen-bond acceptors (Lipinski definition) is 8. The molecule has 0 aliphatic carbocycles. The van der Waals surface area contributed by atoms with Gasteiger partial charge in [-0.15, -0.1) is 11.3 Å². The van der Waals surface area contributed by atoms with Crippen molar-refractivity contribution in [1.29, 1.82) is 0 Å². The number of nitrogens with zero attached hydrogens (tertiary/aromatic N) is 3. The number of benzene rings is 2. The first-order chi connectivity index (χ1) is 18.0. The Hall–Kier alpha value is -3.94. The molecule has 0 spiro atoms. The Morgan fingerprint density at radius 3 is 2.61 bits per heavy atom. The van der Waals surface area contributed by atoms with Gasteiger partial charge in [0, 0.05) is 36.3 Å². The summed E-state index contributed by atoms with van der Waals surface area (Å²) < 4.78 is 42.3. The van der Waals surface area contributed by atoms with Crippen molar-refractivity contribution in [1.82, 2.24) is 14.2 Å². The minimum Gasteiger partial charge on any atom is -0.494 e. The Morgan fingerprint density at radius 2 is 1.95 bits per heavy atom. The number of carbonyl (C=O) groups excluding carboxylic acids is 1. The normalized spacial score (nSPS) is 13.6. The number of likely N-dealkylation sites (N-methyl/N-ethyl adjacent to an activating group) is 1. The lowest BCUT2D eigenvalue weighted by Crippen LogP contribution is -2.34. The second-order valence-electron chi connectivity index (χ2n) is 8.35. The van der Waals surface area contributed by atoms with Crippen LogP contribution in [0.5, 0.6) is 5.88 Å². The predicted octanol–water partition coefficient (Wildman–Crippen LogP) is 3.75. The predicted molar refractivity (Wildman–Crippen MR) is 144 cm³/mol. The molecule has 0 saturated carbocycles. The molecule has 0 fully saturated rings. The van der Waals surface area contributed by atoms with E-state index in [4.69, 9.17) is 11.6 Å². The van der Waals surface area contributed by atoms with Crippen molar-refractivity contribution >= 4 is 61.3 Å². The lowest BCUT2D eigenvalue weighted by atomic mass is 10.1. The van der Waals surface area contributed by atoms with Crippen molar-refractivity contribution in [2.24, 2.45) is 4.99 Å². The molecule has 2 amide bonds. The topological polar surface area (TPSA) is 133 Å². The summed E-state index contributed by atoms with van der Waals surface area (Å²) in [6.45, 7) is 1.45. The molecule has 3 heterocycles. The summed E-state index contributed by atoms with van der Waals surface area (Å²) in [6, 6.07) is 11.3. The lowest BCUT2D eigenvalue weighted by Gasteiger charge is -2.16. The molecule has 0 radical (unpaired) electrons. The standard InChI is InChI=1S/C24H19ClFN5O5S2/c1-30-9-8-27-22(30)13-2-4-16-14(10-13)11-20(32)31(23(16)33)18-5-3-15(12-17(18)26)28-24(34)29-38(35,36)21-7-6-19(25)37-21/h2-7,10-12,33H,8-9H2,1H3,(H2,28,29,34). The molecule has 0 atom stereocenters. The Labute approximate surface area is 224 Å². The van der Waals surface area contributed by atoms with Gasteiger partial charge in [0.25, 0.3) is 15.6 Å². The molecule has 2 aromatic heterocycles. The Kier molecular flexibility index (Phi) is 6.59. The summed E-state index contributed by atoms with van der Waals surface area (Å²) >= 11 is 6.51. The maximum atomic E-state index is 15.1. The SMILES string of the molecule is CN1CCN=C1c1ccc2c(O)n(-c3ccc(NC(=O)NS(=O)(=O)c4ccc(Cl)s4)cc3F)c(=O)cc2c1. The molecule has 0 bridgehead atoms. The van der Waals surface area contributed by atoms with Crippen molar-refractivity contribution in [2.75, 3.05) is 25.5 Å². The number of urea groups is 1. The van der Waals surface area contributed by atoms with Crippen molar-refractivity contribution < 1.29 is 22.7 Å². The van der Waals surface area contributed by atoms with E-state index in [0.717, 1.165) is 39.9 Å². The van der Waals surface area contributed by atoms with E-state index in [9.17, 15) is 23.1 Å². The summed E-state index contributed by atoms with van der Waals surface area (Å²) in [5, 5.41) is 13.9. The van der Waals surface area contributed by atoms with Crippen molar-refractivity contribution in [3.05, 3.63) is 80.7 Å². The molecule has 1 aliphatic heterocycles.